The van der Waals surface area contributed by atoms with Crippen LogP contribution in [0.15, 0.2) is 18.2 Å². The van der Waals surface area contributed by atoms with Crippen molar-refractivity contribution in [2.24, 2.45) is 0 Å². The lowest BCUT2D eigenvalue weighted by molar-refractivity contribution is -0.386. The summed E-state index contributed by atoms with van der Waals surface area (Å²) in [5, 5.41) is 14.5. The van der Waals surface area contributed by atoms with E-state index in [2.05, 4.69) is 5.32 Å². The molecule has 0 saturated carbocycles. The summed E-state index contributed by atoms with van der Waals surface area (Å²) in [5.74, 6) is -0.766. The number of para-hydroxylation sites is 1. The van der Waals surface area contributed by atoms with Crippen molar-refractivity contribution < 1.29 is 9.31 Å². The largest absolute Gasteiger partial charge is 0.362 e. The number of hydrogen-bond acceptors (Lipinski definition) is 4. The average Bonchev–Trinajstić information content (AvgIpc) is 2.45. The first-order valence-corrected chi connectivity index (χ1v) is 7.05. The maximum atomic E-state index is 13.8. The van der Waals surface area contributed by atoms with E-state index in [1.54, 1.807) is 6.07 Å². The molecule has 2 rings (SSSR count). The third-order valence-electron chi connectivity index (χ3n) is 3.63. The Morgan fingerprint density at radius 1 is 1.55 bits per heavy atom. The third kappa shape index (κ3) is 3.07. The first-order chi connectivity index (χ1) is 9.65. The van der Waals surface area contributed by atoms with Gasteiger partial charge in [0.05, 0.1) is 4.92 Å². The van der Waals surface area contributed by atoms with Gasteiger partial charge < -0.3 is 10.2 Å². The molecule has 0 aromatic heterocycles. The molecule has 0 aliphatic carbocycles. The molecule has 1 aliphatic heterocycles. The first kappa shape index (κ1) is 14.7. The van der Waals surface area contributed by atoms with Crippen molar-refractivity contribution in [3.8, 4) is 0 Å². The van der Waals surface area contributed by atoms with E-state index in [1.807, 2.05) is 11.8 Å². The Morgan fingerprint density at radius 3 is 2.95 bits per heavy atom. The molecular weight excluding hydrogens is 261 g/mol. The zero-order valence-electron chi connectivity index (χ0n) is 11.6. The molecule has 0 bridgehead atoms. The van der Waals surface area contributed by atoms with Gasteiger partial charge in [0.25, 0.3) is 0 Å². The van der Waals surface area contributed by atoms with Gasteiger partial charge >= 0.3 is 5.69 Å². The Kier molecular flexibility index (Phi) is 4.89. The van der Waals surface area contributed by atoms with Crippen LogP contribution in [0.3, 0.4) is 0 Å². The molecule has 1 aliphatic rings. The van der Waals surface area contributed by atoms with Crippen LogP contribution in [0, 0.1) is 15.9 Å². The van der Waals surface area contributed by atoms with Crippen LogP contribution in [-0.2, 0) is 0 Å². The number of benzene rings is 1. The second-order valence-corrected chi connectivity index (χ2v) is 5.06. The fourth-order valence-corrected chi connectivity index (χ4v) is 2.76. The van der Waals surface area contributed by atoms with E-state index in [1.165, 1.54) is 6.07 Å². The highest BCUT2D eigenvalue weighted by atomic mass is 19.1. The number of hydrogen-bond donors (Lipinski definition) is 1. The number of nitrogens with zero attached hydrogens (tertiary/aromatic N) is 2. The summed E-state index contributed by atoms with van der Waals surface area (Å²) >= 11 is 0. The van der Waals surface area contributed by atoms with Crippen molar-refractivity contribution >= 4 is 11.4 Å². The lowest BCUT2D eigenvalue weighted by atomic mass is 10.0. The van der Waals surface area contributed by atoms with Gasteiger partial charge in [0.1, 0.15) is 5.69 Å². The maximum absolute atomic E-state index is 13.8. The van der Waals surface area contributed by atoms with Gasteiger partial charge in [-0.3, -0.25) is 10.1 Å². The standard InChI is InChI=1S/C14H20FN3O2/c1-2-9-17(11-5-4-8-16-10-11)13-7-3-6-12(15)14(13)18(19)20/h3,6-7,11,16H,2,4-5,8-10H2,1H3. The molecule has 0 spiro atoms. The zero-order chi connectivity index (χ0) is 14.5. The smallest absolute Gasteiger partial charge is 0.327 e. The number of nitro groups is 1. The maximum Gasteiger partial charge on any atom is 0.327 e. The number of nitrogens with one attached hydrogen (secondary N) is 1. The number of rotatable bonds is 5. The second-order valence-electron chi connectivity index (χ2n) is 5.06. The average molecular weight is 281 g/mol. The molecule has 1 N–H and O–H groups in total. The Morgan fingerprint density at radius 2 is 2.35 bits per heavy atom. The molecule has 110 valence electrons. The van der Waals surface area contributed by atoms with E-state index in [0.717, 1.165) is 38.4 Å². The topological polar surface area (TPSA) is 58.4 Å². The monoisotopic (exact) mass is 281 g/mol. The van der Waals surface area contributed by atoms with Gasteiger partial charge in [-0.1, -0.05) is 13.0 Å². The highest BCUT2D eigenvalue weighted by Crippen LogP contribution is 2.33. The van der Waals surface area contributed by atoms with E-state index in [4.69, 9.17) is 0 Å². The van der Waals surface area contributed by atoms with E-state index >= 15 is 0 Å². The Bertz CT molecular complexity index is 475. The van der Waals surface area contributed by atoms with Crippen LogP contribution in [0.4, 0.5) is 15.8 Å². The molecule has 0 amide bonds. The number of halogens is 1. The second kappa shape index (κ2) is 6.65. The summed E-state index contributed by atoms with van der Waals surface area (Å²) in [4.78, 5) is 12.5. The molecule has 1 aromatic rings. The van der Waals surface area contributed by atoms with E-state index in [-0.39, 0.29) is 6.04 Å². The Balaban J connectivity index is 2.38. The summed E-state index contributed by atoms with van der Waals surface area (Å²) in [7, 11) is 0. The fraction of sp³-hybridized carbons (Fsp3) is 0.571. The number of anilines is 1. The van der Waals surface area contributed by atoms with Crippen molar-refractivity contribution in [2.45, 2.75) is 32.2 Å². The van der Waals surface area contributed by atoms with Crippen LogP contribution in [0.25, 0.3) is 0 Å². The van der Waals surface area contributed by atoms with Crippen molar-refractivity contribution in [2.75, 3.05) is 24.5 Å². The van der Waals surface area contributed by atoms with Gasteiger partial charge in [-0.05, 0) is 37.9 Å². The van der Waals surface area contributed by atoms with E-state index in [0.29, 0.717) is 12.2 Å². The zero-order valence-corrected chi connectivity index (χ0v) is 11.6. The van der Waals surface area contributed by atoms with Crippen LogP contribution in [0.5, 0.6) is 0 Å². The molecule has 1 saturated heterocycles. The number of nitro benzene ring substituents is 1. The third-order valence-corrected chi connectivity index (χ3v) is 3.63. The minimum absolute atomic E-state index is 0.184. The van der Waals surface area contributed by atoms with Crippen molar-refractivity contribution in [3.63, 3.8) is 0 Å². The minimum Gasteiger partial charge on any atom is -0.362 e. The molecular formula is C14H20FN3O2. The van der Waals surface area contributed by atoms with Gasteiger partial charge in [0.15, 0.2) is 0 Å². The van der Waals surface area contributed by atoms with E-state index in [9.17, 15) is 14.5 Å². The highest BCUT2D eigenvalue weighted by molar-refractivity contribution is 5.64. The normalized spacial score (nSPS) is 18.8. The van der Waals surface area contributed by atoms with Gasteiger partial charge in [0, 0.05) is 19.1 Å². The van der Waals surface area contributed by atoms with Gasteiger partial charge in [-0.15, -0.1) is 0 Å². The van der Waals surface area contributed by atoms with Crippen molar-refractivity contribution in [1.29, 1.82) is 0 Å². The van der Waals surface area contributed by atoms with Crippen LogP contribution >= 0.6 is 0 Å². The molecule has 5 nitrogen and oxygen atoms in total. The summed E-state index contributed by atoms with van der Waals surface area (Å²) in [5.41, 5.74) is -0.0166. The van der Waals surface area contributed by atoms with E-state index < -0.39 is 16.4 Å². The first-order valence-electron chi connectivity index (χ1n) is 7.05. The van der Waals surface area contributed by atoms with Crippen molar-refractivity contribution in [3.05, 3.63) is 34.1 Å². The molecule has 1 unspecified atom stereocenters. The summed E-state index contributed by atoms with van der Waals surface area (Å²) in [6.45, 7) is 4.47. The predicted molar refractivity (Wildman–Crippen MR) is 76.6 cm³/mol. The SMILES string of the molecule is CCCN(c1cccc(F)c1[N+](=O)[O-])C1CCCNC1. The lowest BCUT2D eigenvalue weighted by Crippen LogP contribution is -2.46. The minimum atomic E-state index is -0.766. The summed E-state index contributed by atoms with van der Waals surface area (Å²) in [6.07, 6.45) is 2.87. The fourth-order valence-electron chi connectivity index (χ4n) is 2.76. The Hall–Kier alpha value is -1.69. The number of piperidine rings is 1. The quantitative estimate of drug-likeness (QED) is 0.666. The van der Waals surface area contributed by atoms with Crippen LogP contribution in [0.1, 0.15) is 26.2 Å². The predicted octanol–water partition coefficient (Wildman–Crippen LogP) is 2.70. The Labute approximate surface area is 117 Å². The molecule has 20 heavy (non-hydrogen) atoms. The summed E-state index contributed by atoms with van der Waals surface area (Å²) in [6, 6.07) is 4.51. The van der Waals surface area contributed by atoms with Crippen LogP contribution in [-0.4, -0.2) is 30.6 Å². The molecule has 6 heteroatoms. The molecule has 0 radical (unpaired) electrons. The highest BCUT2D eigenvalue weighted by Gasteiger charge is 2.28. The lowest BCUT2D eigenvalue weighted by Gasteiger charge is -2.36. The molecule has 1 atom stereocenters. The van der Waals surface area contributed by atoms with Gasteiger partial charge in [-0.2, -0.15) is 4.39 Å². The summed E-state index contributed by atoms with van der Waals surface area (Å²) < 4.78 is 13.8. The van der Waals surface area contributed by atoms with Gasteiger partial charge in [0.2, 0.25) is 5.82 Å². The molecule has 1 heterocycles. The van der Waals surface area contributed by atoms with Gasteiger partial charge in [-0.25, -0.2) is 0 Å². The molecule has 1 fully saturated rings. The van der Waals surface area contributed by atoms with Crippen LogP contribution in [0.2, 0.25) is 0 Å². The van der Waals surface area contributed by atoms with Crippen LogP contribution < -0.4 is 10.2 Å². The molecule has 1 aromatic carbocycles. The van der Waals surface area contributed by atoms with Crippen molar-refractivity contribution in [1.82, 2.24) is 5.32 Å².